The van der Waals surface area contributed by atoms with Gasteiger partial charge in [0.05, 0.1) is 5.60 Å². The molecule has 0 fully saturated rings. The van der Waals surface area contributed by atoms with Crippen molar-refractivity contribution in [2.45, 2.75) is 64.4 Å². The molecular formula is C16H25FO. The molecule has 0 aromatic heterocycles. The van der Waals surface area contributed by atoms with E-state index < -0.39 is 5.60 Å². The smallest absolute Gasteiger partial charge is 0.129 e. The second-order valence-corrected chi connectivity index (χ2v) is 5.27. The lowest BCUT2D eigenvalue weighted by atomic mass is 9.89. The molecule has 0 saturated heterocycles. The molecule has 1 N–H and O–H groups in total. The lowest BCUT2D eigenvalue weighted by molar-refractivity contribution is 0.0412. The van der Waals surface area contributed by atoms with Gasteiger partial charge in [0.15, 0.2) is 0 Å². The summed E-state index contributed by atoms with van der Waals surface area (Å²) < 4.78 is 13.6. The maximum absolute atomic E-state index is 13.6. The van der Waals surface area contributed by atoms with Crippen LogP contribution in [0.1, 0.15) is 64.4 Å². The summed E-state index contributed by atoms with van der Waals surface area (Å²) in [5.74, 6) is -0.312. The summed E-state index contributed by atoms with van der Waals surface area (Å²) in [7, 11) is 0. The highest BCUT2D eigenvalue weighted by Gasteiger charge is 2.25. The van der Waals surface area contributed by atoms with E-state index >= 15 is 0 Å². The molecule has 1 unspecified atom stereocenters. The van der Waals surface area contributed by atoms with Gasteiger partial charge in [0, 0.05) is 5.56 Å². The fourth-order valence-electron chi connectivity index (χ4n) is 2.28. The molecule has 0 saturated carbocycles. The van der Waals surface area contributed by atoms with Gasteiger partial charge in [0.25, 0.3) is 0 Å². The first-order valence-corrected chi connectivity index (χ1v) is 7.05. The third kappa shape index (κ3) is 4.77. The zero-order valence-corrected chi connectivity index (χ0v) is 11.6. The van der Waals surface area contributed by atoms with Crippen molar-refractivity contribution in [2.75, 3.05) is 0 Å². The average molecular weight is 252 g/mol. The van der Waals surface area contributed by atoms with E-state index in [1.165, 1.54) is 31.7 Å². The highest BCUT2D eigenvalue weighted by molar-refractivity contribution is 5.23. The Hall–Kier alpha value is -0.890. The minimum atomic E-state index is -1.05. The summed E-state index contributed by atoms with van der Waals surface area (Å²) in [4.78, 5) is 0. The molecule has 0 aliphatic heterocycles. The van der Waals surface area contributed by atoms with Crippen molar-refractivity contribution in [3.05, 3.63) is 35.6 Å². The largest absolute Gasteiger partial charge is 0.385 e. The predicted molar refractivity (Wildman–Crippen MR) is 74.0 cm³/mol. The molecule has 0 aliphatic rings. The fraction of sp³-hybridized carbons (Fsp3) is 0.625. The molecule has 102 valence electrons. The number of halogens is 1. The zero-order valence-electron chi connectivity index (χ0n) is 11.6. The van der Waals surface area contributed by atoms with Gasteiger partial charge in [0.2, 0.25) is 0 Å². The molecule has 18 heavy (non-hydrogen) atoms. The van der Waals surface area contributed by atoms with Crippen molar-refractivity contribution in [2.24, 2.45) is 0 Å². The van der Waals surface area contributed by atoms with Gasteiger partial charge in [-0.15, -0.1) is 0 Å². The van der Waals surface area contributed by atoms with Crippen LogP contribution in [-0.4, -0.2) is 5.11 Å². The molecule has 1 aromatic carbocycles. The van der Waals surface area contributed by atoms with Crippen molar-refractivity contribution < 1.29 is 9.50 Å². The van der Waals surface area contributed by atoms with E-state index in [1.54, 1.807) is 25.1 Å². The van der Waals surface area contributed by atoms with Gasteiger partial charge in [-0.05, 0) is 19.4 Å². The van der Waals surface area contributed by atoms with Gasteiger partial charge in [-0.2, -0.15) is 0 Å². The number of rotatable bonds is 8. The Labute approximate surface area is 110 Å². The van der Waals surface area contributed by atoms with E-state index in [2.05, 4.69) is 6.92 Å². The summed E-state index contributed by atoms with van der Waals surface area (Å²) in [5.41, 5.74) is -0.630. The third-order valence-corrected chi connectivity index (χ3v) is 3.47. The Morgan fingerprint density at radius 1 is 1.06 bits per heavy atom. The number of benzene rings is 1. The number of aliphatic hydroxyl groups is 1. The van der Waals surface area contributed by atoms with Gasteiger partial charge < -0.3 is 5.11 Å². The normalized spacial score (nSPS) is 14.4. The summed E-state index contributed by atoms with van der Waals surface area (Å²) >= 11 is 0. The first-order valence-electron chi connectivity index (χ1n) is 7.05. The van der Waals surface area contributed by atoms with Crippen LogP contribution in [0.3, 0.4) is 0 Å². The summed E-state index contributed by atoms with van der Waals surface area (Å²) in [6, 6.07) is 6.51. The van der Waals surface area contributed by atoms with Gasteiger partial charge >= 0.3 is 0 Å². The van der Waals surface area contributed by atoms with Gasteiger partial charge in [-0.1, -0.05) is 63.6 Å². The minimum absolute atomic E-state index is 0.312. The van der Waals surface area contributed by atoms with Gasteiger partial charge in [-0.3, -0.25) is 0 Å². The molecule has 1 nitrogen and oxygen atoms in total. The van der Waals surface area contributed by atoms with Crippen molar-refractivity contribution in [1.82, 2.24) is 0 Å². The minimum Gasteiger partial charge on any atom is -0.385 e. The Bertz CT molecular complexity index is 347. The van der Waals surface area contributed by atoms with Crippen molar-refractivity contribution >= 4 is 0 Å². The van der Waals surface area contributed by atoms with Crippen LogP contribution >= 0.6 is 0 Å². The standard InChI is InChI=1S/C16H25FO/c1-3-4-5-6-7-10-13-16(2,18)14-11-8-9-12-15(14)17/h8-9,11-12,18H,3-7,10,13H2,1-2H3. The van der Waals surface area contributed by atoms with E-state index in [-0.39, 0.29) is 5.82 Å². The summed E-state index contributed by atoms with van der Waals surface area (Å²) in [6.07, 6.45) is 7.69. The predicted octanol–water partition coefficient (Wildman–Crippen LogP) is 4.78. The van der Waals surface area contributed by atoms with E-state index in [0.717, 1.165) is 12.8 Å². The Kier molecular flexibility index (Phi) is 6.34. The molecule has 1 rings (SSSR count). The van der Waals surface area contributed by atoms with Crippen LogP contribution in [0.4, 0.5) is 4.39 Å². The molecule has 0 amide bonds. The van der Waals surface area contributed by atoms with E-state index in [0.29, 0.717) is 12.0 Å². The number of hydrogen-bond acceptors (Lipinski definition) is 1. The van der Waals surface area contributed by atoms with E-state index in [1.807, 2.05) is 0 Å². The topological polar surface area (TPSA) is 20.2 Å². The lowest BCUT2D eigenvalue weighted by Crippen LogP contribution is -2.22. The first-order chi connectivity index (χ1) is 8.58. The van der Waals surface area contributed by atoms with Crippen LogP contribution in [0.2, 0.25) is 0 Å². The van der Waals surface area contributed by atoms with Crippen LogP contribution in [0.25, 0.3) is 0 Å². The molecule has 1 atom stereocenters. The lowest BCUT2D eigenvalue weighted by Gasteiger charge is -2.24. The second-order valence-electron chi connectivity index (χ2n) is 5.27. The number of hydrogen-bond donors (Lipinski definition) is 1. The molecule has 0 heterocycles. The Morgan fingerprint density at radius 2 is 1.67 bits per heavy atom. The van der Waals surface area contributed by atoms with E-state index in [4.69, 9.17) is 0 Å². The van der Waals surface area contributed by atoms with Crippen molar-refractivity contribution in [1.29, 1.82) is 0 Å². The molecular weight excluding hydrogens is 227 g/mol. The molecule has 0 bridgehead atoms. The maximum atomic E-state index is 13.6. The molecule has 0 spiro atoms. The van der Waals surface area contributed by atoms with Crippen molar-refractivity contribution in [3.8, 4) is 0 Å². The summed E-state index contributed by atoms with van der Waals surface area (Å²) in [5, 5.41) is 10.3. The monoisotopic (exact) mass is 252 g/mol. The van der Waals surface area contributed by atoms with Crippen LogP contribution < -0.4 is 0 Å². The fourth-order valence-corrected chi connectivity index (χ4v) is 2.28. The Morgan fingerprint density at radius 3 is 2.33 bits per heavy atom. The quantitative estimate of drug-likeness (QED) is 0.660. The number of unbranched alkanes of at least 4 members (excludes halogenated alkanes) is 5. The first kappa shape index (κ1) is 15.2. The van der Waals surface area contributed by atoms with Gasteiger partial charge in [0.1, 0.15) is 5.82 Å². The Balaban J connectivity index is 2.38. The highest BCUT2D eigenvalue weighted by atomic mass is 19.1. The molecule has 0 aliphatic carbocycles. The zero-order chi connectivity index (χ0) is 13.4. The average Bonchev–Trinajstić information content (AvgIpc) is 2.34. The SMILES string of the molecule is CCCCCCCCC(C)(O)c1ccccc1F. The highest BCUT2D eigenvalue weighted by Crippen LogP contribution is 2.28. The van der Waals surface area contributed by atoms with Crippen LogP contribution in [0.5, 0.6) is 0 Å². The summed E-state index contributed by atoms with van der Waals surface area (Å²) in [6.45, 7) is 3.90. The maximum Gasteiger partial charge on any atom is 0.129 e. The molecule has 2 heteroatoms. The molecule has 1 aromatic rings. The van der Waals surface area contributed by atoms with Crippen LogP contribution in [0.15, 0.2) is 24.3 Å². The third-order valence-electron chi connectivity index (χ3n) is 3.47. The van der Waals surface area contributed by atoms with Crippen LogP contribution in [0, 0.1) is 5.82 Å². The second kappa shape index (κ2) is 7.52. The van der Waals surface area contributed by atoms with E-state index in [9.17, 15) is 9.50 Å². The van der Waals surface area contributed by atoms with Gasteiger partial charge in [-0.25, -0.2) is 4.39 Å². The van der Waals surface area contributed by atoms with Crippen LogP contribution in [-0.2, 0) is 5.60 Å². The van der Waals surface area contributed by atoms with Crippen molar-refractivity contribution in [3.63, 3.8) is 0 Å². The molecule has 0 radical (unpaired) electrons.